The zero-order valence-corrected chi connectivity index (χ0v) is 11.8. The van der Waals surface area contributed by atoms with Crippen LogP contribution in [0.5, 0.6) is 0 Å². The van der Waals surface area contributed by atoms with Crippen molar-refractivity contribution in [3.8, 4) is 0 Å². The number of carbonyl (C=O) groups is 1. The minimum atomic E-state index is -2.76. The Balaban J connectivity index is 2.57. The molecule has 0 amide bonds. The zero-order chi connectivity index (χ0) is 13.7. The molecule has 19 heavy (non-hydrogen) atoms. The first kappa shape index (κ1) is 13.8. The van der Waals surface area contributed by atoms with E-state index in [9.17, 15) is 9.36 Å². The van der Waals surface area contributed by atoms with E-state index in [1.165, 1.54) is 0 Å². The summed E-state index contributed by atoms with van der Waals surface area (Å²) in [6.45, 7) is 1.88. The summed E-state index contributed by atoms with van der Waals surface area (Å²) in [5.74, 6) is 0. The highest BCUT2D eigenvalue weighted by Gasteiger charge is 2.33. The maximum atomic E-state index is 13.5. The van der Waals surface area contributed by atoms with Gasteiger partial charge >= 0.3 is 0 Å². The van der Waals surface area contributed by atoms with Gasteiger partial charge < -0.3 is 9.36 Å². The largest absolute Gasteiger partial charge is 0.313 e. The Morgan fingerprint density at radius 2 is 1.37 bits per heavy atom. The van der Waals surface area contributed by atoms with E-state index >= 15 is 0 Å². The van der Waals surface area contributed by atoms with E-state index in [1.807, 2.05) is 67.6 Å². The summed E-state index contributed by atoms with van der Waals surface area (Å²) in [7, 11) is -2.76. The number of hydrogen-bond donors (Lipinski definition) is 0. The van der Waals surface area contributed by atoms with Crippen LogP contribution in [0.2, 0.25) is 0 Å². The number of carbonyl (C=O) groups excluding carboxylic acids is 1. The fraction of sp³-hybridized carbons (Fsp3) is 0.188. The molecule has 0 radical (unpaired) electrons. The second kappa shape index (κ2) is 5.99. The van der Waals surface area contributed by atoms with Crippen LogP contribution in [0.15, 0.2) is 60.7 Å². The molecule has 2 rings (SSSR count). The second-order valence-electron chi connectivity index (χ2n) is 4.58. The summed E-state index contributed by atoms with van der Waals surface area (Å²) >= 11 is 0. The third kappa shape index (κ3) is 2.69. The van der Waals surface area contributed by atoms with Gasteiger partial charge in [-0.1, -0.05) is 67.6 Å². The van der Waals surface area contributed by atoms with Gasteiger partial charge in [0.1, 0.15) is 13.4 Å². The molecule has 2 aromatic rings. The molecule has 0 fully saturated rings. The molecule has 1 atom stereocenters. The third-order valence-corrected chi connectivity index (χ3v) is 6.92. The van der Waals surface area contributed by atoms with Crippen LogP contribution >= 0.6 is 7.14 Å². The van der Waals surface area contributed by atoms with E-state index in [4.69, 9.17) is 0 Å². The van der Waals surface area contributed by atoms with E-state index in [0.717, 1.165) is 16.9 Å². The molecule has 2 nitrogen and oxygen atoms in total. The molecule has 0 heterocycles. The molecule has 2 aromatic carbocycles. The molecule has 98 valence electrons. The van der Waals surface area contributed by atoms with Gasteiger partial charge in [-0.3, -0.25) is 0 Å². The first-order valence-electron chi connectivity index (χ1n) is 6.34. The maximum Gasteiger partial charge on any atom is 0.146 e. The van der Waals surface area contributed by atoms with Gasteiger partial charge in [-0.15, -0.1) is 0 Å². The molecule has 0 saturated heterocycles. The van der Waals surface area contributed by atoms with Gasteiger partial charge in [0.2, 0.25) is 0 Å². The topological polar surface area (TPSA) is 34.1 Å². The lowest BCUT2D eigenvalue weighted by Crippen LogP contribution is -2.24. The summed E-state index contributed by atoms with van der Waals surface area (Å²) in [5, 5.41) is 1.63. The average Bonchev–Trinajstić information content (AvgIpc) is 2.48. The summed E-state index contributed by atoms with van der Waals surface area (Å²) < 4.78 is 13.5. The third-order valence-electron chi connectivity index (χ3n) is 3.34. The van der Waals surface area contributed by atoms with Gasteiger partial charge in [0.05, 0.1) is 0 Å². The van der Waals surface area contributed by atoms with Crippen LogP contribution in [-0.4, -0.2) is 11.9 Å². The standard InChI is InChI=1S/C16H17O2P/c1-14(12-13-17)19(18,15-8-4-2-5-9-15)16-10-6-3-7-11-16/h2-11,13-14H,12H2,1H3/t14-/m1/s1. The van der Waals surface area contributed by atoms with Gasteiger partial charge in [-0.05, 0) is 0 Å². The lowest BCUT2D eigenvalue weighted by Gasteiger charge is -2.24. The molecule has 0 saturated carbocycles. The van der Waals surface area contributed by atoms with Gasteiger partial charge in [0.15, 0.2) is 0 Å². The van der Waals surface area contributed by atoms with Crippen molar-refractivity contribution < 1.29 is 9.36 Å². The van der Waals surface area contributed by atoms with Crippen LogP contribution in [-0.2, 0) is 9.36 Å². The summed E-state index contributed by atoms with van der Waals surface area (Å²) in [5.41, 5.74) is -0.185. The predicted molar refractivity (Wildman–Crippen MR) is 79.9 cm³/mol. The SMILES string of the molecule is C[C@H](CC=O)P(=O)(c1ccccc1)c1ccccc1. The molecule has 0 spiro atoms. The first-order chi connectivity index (χ1) is 9.19. The van der Waals surface area contributed by atoms with Gasteiger partial charge in [0, 0.05) is 22.7 Å². The Bertz CT molecular complexity index is 535. The van der Waals surface area contributed by atoms with Crippen molar-refractivity contribution in [2.45, 2.75) is 19.0 Å². The fourth-order valence-electron chi connectivity index (χ4n) is 2.24. The van der Waals surface area contributed by atoms with Gasteiger partial charge in [-0.25, -0.2) is 0 Å². The van der Waals surface area contributed by atoms with Crippen LogP contribution in [0.1, 0.15) is 13.3 Å². The lowest BCUT2D eigenvalue weighted by molar-refractivity contribution is -0.107. The average molecular weight is 272 g/mol. The first-order valence-corrected chi connectivity index (χ1v) is 8.11. The lowest BCUT2D eigenvalue weighted by atomic mass is 10.3. The predicted octanol–water partition coefficient (Wildman–Crippen LogP) is 2.98. The summed E-state index contributed by atoms with van der Waals surface area (Å²) in [6.07, 6.45) is 1.16. The minimum Gasteiger partial charge on any atom is -0.313 e. The van der Waals surface area contributed by atoms with Crippen molar-refractivity contribution in [2.75, 3.05) is 0 Å². The monoisotopic (exact) mass is 272 g/mol. The van der Waals surface area contributed by atoms with Crippen molar-refractivity contribution >= 4 is 24.0 Å². The number of rotatable bonds is 5. The maximum absolute atomic E-state index is 13.5. The van der Waals surface area contributed by atoms with Crippen LogP contribution in [0.3, 0.4) is 0 Å². The Morgan fingerprint density at radius 1 is 0.947 bits per heavy atom. The molecule has 0 aliphatic carbocycles. The molecule has 0 bridgehead atoms. The van der Waals surface area contributed by atoms with Crippen molar-refractivity contribution in [3.05, 3.63) is 60.7 Å². The summed E-state index contributed by atoms with van der Waals surface area (Å²) in [6, 6.07) is 18.9. The Hall–Kier alpha value is -1.66. The van der Waals surface area contributed by atoms with Crippen LogP contribution in [0, 0.1) is 0 Å². The van der Waals surface area contributed by atoms with Crippen molar-refractivity contribution in [1.82, 2.24) is 0 Å². The highest BCUT2D eigenvalue weighted by atomic mass is 31.2. The van der Waals surface area contributed by atoms with E-state index in [0.29, 0.717) is 6.42 Å². The van der Waals surface area contributed by atoms with Crippen molar-refractivity contribution in [1.29, 1.82) is 0 Å². The molecule has 0 unspecified atom stereocenters. The Labute approximate surface area is 113 Å². The Morgan fingerprint density at radius 3 is 1.74 bits per heavy atom. The number of hydrogen-bond acceptors (Lipinski definition) is 2. The summed E-state index contributed by atoms with van der Waals surface area (Å²) in [4.78, 5) is 10.8. The van der Waals surface area contributed by atoms with E-state index in [2.05, 4.69) is 0 Å². The number of aldehydes is 1. The van der Waals surface area contributed by atoms with Gasteiger partial charge in [0.25, 0.3) is 0 Å². The highest BCUT2D eigenvalue weighted by molar-refractivity contribution is 7.79. The molecule has 0 N–H and O–H groups in total. The molecule has 0 aromatic heterocycles. The quantitative estimate of drug-likeness (QED) is 0.619. The number of benzene rings is 2. The fourth-order valence-corrected chi connectivity index (χ4v) is 5.17. The highest BCUT2D eigenvalue weighted by Crippen LogP contribution is 2.49. The van der Waals surface area contributed by atoms with E-state index < -0.39 is 7.14 Å². The zero-order valence-electron chi connectivity index (χ0n) is 10.9. The second-order valence-corrected chi connectivity index (χ2v) is 7.81. The molecular weight excluding hydrogens is 255 g/mol. The molecule has 0 aliphatic rings. The molecule has 3 heteroatoms. The van der Waals surface area contributed by atoms with Crippen LogP contribution in [0.25, 0.3) is 0 Å². The van der Waals surface area contributed by atoms with E-state index in [-0.39, 0.29) is 5.66 Å². The Kier molecular flexibility index (Phi) is 4.34. The van der Waals surface area contributed by atoms with Crippen LogP contribution in [0.4, 0.5) is 0 Å². The van der Waals surface area contributed by atoms with E-state index in [1.54, 1.807) is 0 Å². The molecule has 0 aliphatic heterocycles. The van der Waals surface area contributed by atoms with Crippen molar-refractivity contribution in [2.24, 2.45) is 0 Å². The van der Waals surface area contributed by atoms with Crippen LogP contribution < -0.4 is 10.6 Å². The normalized spacial score (nSPS) is 12.9. The van der Waals surface area contributed by atoms with Crippen molar-refractivity contribution in [3.63, 3.8) is 0 Å². The smallest absolute Gasteiger partial charge is 0.146 e. The van der Waals surface area contributed by atoms with Gasteiger partial charge in [-0.2, -0.15) is 0 Å². The molecular formula is C16H17O2P. The minimum absolute atomic E-state index is 0.185.